The van der Waals surface area contributed by atoms with E-state index in [0.717, 1.165) is 10.0 Å². The maximum atomic E-state index is 10.2. The van der Waals surface area contributed by atoms with Crippen molar-refractivity contribution in [1.29, 1.82) is 0 Å². The van der Waals surface area contributed by atoms with Crippen molar-refractivity contribution in [2.24, 2.45) is 0 Å². The molecule has 0 saturated carbocycles. The molecule has 1 rings (SSSR count). The minimum atomic E-state index is -0.799. The summed E-state index contributed by atoms with van der Waals surface area (Å²) in [5, 5.41) is 8.42. The van der Waals surface area contributed by atoms with Gasteiger partial charge in [0.2, 0.25) is 0 Å². The quantitative estimate of drug-likeness (QED) is 0.881. The third kappa shape index (κ3) is 9.47. The van der Waals surface area contributed by atoms with Crippen LogP contribution in [0.1, 0.15) is 33.3 Å². The van der Waals surface area contributed by atoms with Crippen LogP contribution in [-0.2, 0) is 11.2 Å². The molecule has 1 aromatic rings. The molecule has 2 nitrogen and oxygen atoms in total. The van der Waals surface area contributed by atoms with Gasteiger partial charge in [0.15, 0.2) is 0 Å². The molecule has 0 bridgehead atoms. The van der Waals surface area contributed by atoms with Crippen LogP contribution in [0.2, 0.25) is 0 Å². The summed E-state index contributed by atoms with van der Waals surface area (Å²) in [6, 6.07) is 7.24. The van der Waals surface area contributed by atoms with Crippen molar-refractivity contribution in [2.45, 2.75) is 34.1 Å². The second-order valence-electron chi connectivity index (χ2n) is 2.20. The molecule has 0 fully saturated rings. The molecule has 0 saturated heterocycles. The first-order valence-electron chi connectivity index (χ1n) is 5.15. The number of carbonyl (C=O) groups is 1. The van der Waals surface area contributed by atoms with Gasteiger partial charge in [-0.15, -0.1) is 0 Å². The van der Waals surface area contributed by atoms with Crippen molar-refractivity contribution >= 4 is 21.9 Å². The van der Waals surface area contributed by atoms with Crippen LogP contribution < -0.4 is 0 Å². The van der Waals surface area contributed by atoms with E-state index in [1.807, 2.05) is 39.8 Å². The molecule has 0 atom stereocenters. The van der Waals surface area contributed by atoms with Crippen LogP contribution in [0.5, 0.6) is 0 Å². The summed E-state index contributed by atoms with van der Waals surface area (Å²) in [6.07, 6.45) is 0.0906. The molecular formula is C12H19BrO2. The molecule has 1 N–H and O–H groups in total. The zero-order valence-electron chi connectivity index (χ0n) is 9.75. The van der Waals surface area contributed by atoms with Gasteiger partial charge in [0.05, 0.1) is 6.42 Å². The van der Waals surface area contributed by atoms with E-state index in [2.05, 4.69) is 15.9 Å². The van der Waals surface area contributed by atoms with Gasteiger partial charge in [-0.05, 0) is 17.7 Å². The molecule has 15 heavy (non-hydrogen) atoms. The summed E-state index contributed by atoms with van der Waals surface area (Å²) < 4.78 is 0.964. The average molecular weight is 275 g/mol. The lowest BCUT2D eigenvalue weighted by atomic mass is 10.2. The molecule has 0 aliphatic heterocycles. The smallest absolute Gasteiger partial charge is 0.307 e. The fourth-order valence-corrected chi connectivity index (χ4v) is 1.04. The maximum Gasteiger partial charge on any atom is 0.307 e. The Kier molecular flexibility index (Phi) is 12.4. The van der Waals surface area contributed by atoms with Crippen LogP contribution in [-0.4, -0.2) is 11.1 Å². The Morgan fingerprint density at radius 2 is 1.53 bits per heavy atom. The predicted molar refractivity (Wildman–Crippen MR) is 68.2 cm³/mol. The van der Waals surface area contributed by atoms with E-state index in [0.29, 0.717) is 0 Å². The first kappa shape index (κ1) is 16.6. The molecule has 0 radical (unpaired) electrons. The van der Waals surface area contributed by atoms with Crippen LogP contribution in [0.25, 0.3) is 0 Å². The van der Waals surface area contributed by atoms with Gasteiger partial charge < -0.3 is 5.11 Å². The molecule has 0 heterocycles. The zero-order valence-corrected chi connectivity index (χ0v) is 11.3. The van der Waals surface area contributed by atoms with E-state index in [9.17, 15) is 4.79 Å². The molecule has 0 unspecified atom stereocenters. The standard InChI is InChI=1S/C8H7BrO2.2C2H6/c9-7-3-1-6(2-4-7)5-8(10)11;2*1-2/h1-4H,5H2,(H,10,11);2*1-2H3. The Labute approximate surface area is 100 Å². The van der Waals surface area contributed by atoms with Gasteiger partial charge in [-0.2, -0.15) is 0 Å². The largest absolute Gasteiger partial charge is 0.481 e. The van der Waals surface area contributed by atoms with Crippen molar-refractivity contribution in [1.82, 2.24) is 0 Å². The zero-order chi connectivity index (χ0) is 12.3. The Morgan fingerprint density at radius 3 is 1.87 bits per heavy atom. The van der Waals surface area contributed by atoms with Crippen molar-refractivity contribution in [2.75, 3.05) is 0 Å². The average Bonchev–Trinajstić information content (AvgIpc) is 2.27. The highest BCUT2D eigenvalue weighted by molar-refractivity contribution is 9.10. The van der Waals surface area contributed by atoms with E-state index in [4.69, 9.17) is 5.11 Å². The molecular weight excluding hydrogens is 256 g/mol. The fraction of sp³-hybridized carbons (Fsp3) is 0.417. The topological polar surface area (TPSA) is 37.3 Å². The predicted octanol–water partition coefficient (Wildman–Crippen LogP) is 4.13. The molecule has 0 aliphatic rings. The summed E-state index contributed by atoms with van der Waals surface area (Å²) in [7, 11) is 0. The Morgan fingerprint density at radius 1 is 1.13 bits per heavy atom. The highest BCUT2D eigenvalue weighted by Gasteiger charge is 1.98. The number of aliphatic carboxylic acids is 1. The number of carboxylic acid groups (broad SMARTS) is 1. The van der Waals surface area contributed by atoms with Gasteiger partial charge in [0.25, 0.3) is 0 Å². The number of rotatable bonds is 2. The van der Waals surface area contributed by atoms with Crippen LogP contribution in [0.3, 0.4) is 0 Å². The van der Waals surface area contributed by atoms with E-state index in [1.54, 1.807) is 12.1 Å². The van der Waals surface area contributed by atoms with Gasteiger partial charge >= 0.3 is 5.97 Å². The van der Waals surface area contributed by atoms with Crippen LogP contribution in [0, 0.1) is 0 Å². The molecule has 0 amide bonds. The molecule has 1 aromatic carbocycles. The number of hydrogen-bond donors (Lipinski definition) is 1. The number of hydrogen-bond acceptors (Lipinski definition) is 1. The normalized spacial score (nSPS) is 7.80. The molecule has 86 valence electrons. The number of benzene rings is 1. The van der Waals surface area contributed by atoms with E-state index < -0.39 is 5.97 Å². The second-order valence-corrected chi connectivity index (χ2v) is 3.11. The van der Waals surface area contributed by atoms with Crippen molar-refractivity contribution in [3.8, 4) is 0 Å². The minimum Gasteiger partial charge on any atom is -0.481 e. The fourth-order valence-electron chi connectivity index (χ4n) is 0.777. The van der Waals surface area contributed by atoms with E-state index >= 15 is 0 Å². The lowest BCUT2D eigenvalue weighted by Crippen LogP contribution is -1.99. The molecule has 0 aliphatic carbocycles. The lowest BCUT2D eigenvalue weighted by Gasteiger charge is -1.95. The Balaban J connectivity index is 0. The van der Waals surface area contributed by atoms with E-state index in [1.165, 1.54) is 0 Å². The second kappa shape index (κ2) is 11.2. The molecule has 3 heteroatoms. The molecule has 0 spiro atoms. The van der Waals surface area contributed by atoms with Gasteiger partial charge in [-0.3, -0.25) is 4.79 Å². The van der Waals surface area contributed by atoms with Gasteiger partial charge in [0, 0.05) is 4.47 Å². The summed E-state index contributed by atoms with van der Waals surface area (Å²) in [6.45, 7) is 8.00. The first-order chi connectivity index (χ1) is 7.18. The summed E-state index contributed by atoms with van der Waals surface area (Å²) in [5.41, 5.74) is 0.820. The summed E-state index contributed by atoms with van der Waals surface area (Å²) >= 11 is 3.26. The molecule has 0 aromatic heterocycles. The highest BCUT2D eigenvalue weighted by atomic mass is 79.9. The van der Waals surface area contributed by atoms with Crippen LogP contribution in [0.4, 0.5) is 0 Å². The third-order valence-electron chi connectivity index (χ3n) is 1.27. The number of carboxylic acids is 1. The van der Waals surface area contributed by atoms with Gasteiger partial charge in [-0.25, -0.2) is 0 Å². The van der Waals surface area contributed by atoms with Crippen molar-refractivity contribution in [3.05, 3.63) is 34.3 Å². The third-order valence-corrected chi connectivity index (χ3v) is 1.80. The summed E-state index contributed by atoms with van der Waals surface area (Å²) in [4.78, 5) is 10.2. The monoisotopic (exact) mass is 274 g/mol. The van der Waals surface area contributed by atoms with Crippen molar-refractivity contribution < 1.29 is 9.90 Å². The summed E-state index contributed by atoms with van der Waals surface area (Å²) in [5.74, 6) is -0.799. The first-order valence-corrected chi connectivity index (χ1v) is 5.94. The maximum absolute atomic E-state index is 10.2. The number of halogens is 1. The van der Waals surface area contributed by atoms with Crippen molar-refractivity contribution in [3.63, 3.8) is 0 Å². The lowest BCUT2D eigenvalue weighted by molar-refractivity contribution is -0.136. The SMILES string of the molecule is CC.CC.O=C(O)Cc1ccc(Br)cc1. The van der Waals surface area contributed by atoms with Gasteiger partial charge in [-0.1, -0.05) is 55.8 Å². The Bertz CT molecular complexity index is 255. The highest BCUT2D eigenvalue weighted by Crippen LogP contribution is 2.10. The van der Waals surface area contributed by atoms with Crippen LogP contribution in [0.15, 0.2) is 28.7 Å². The van der Waals surface area contributed by atoms with Gasteiger partial charge in [0.1, 0.15) is 0 Å². The minimum absolute atomic E-state index is 0.0906. The Hall–Kier alpha value is -0.830. The van der Waals surface area contributed by atoms with Crippen LogP contribution >= 0.6 is 15.9 Å². The van der Waals surface area contributed by atoms with E-state index in [-0.39, 0.29) is 6.42 Å².